The fraction of sp³-hybridized carbons (Fsp3) is 0.176. The molecule has 1 N–H and O–H groups in total. The normalized spacial score (nSPS) is 10.5. The number of amides is 1. The molecule has 0 bridgehead atoms. The number of hydrogen-bond donors (Lipinski definition) is 1. The molecule has 0 saturated carbocycles. The summed E-state index contributed by atoms with van der Waals surface area (Å²) < 4.78 is 9.74. The third kappa shape index (κ3) is 5.42. The van der Waals surface area contributed by atoms with Crippen molar-refractivity contribution in [2.24, 2.45) is 0 Å². The van der Waals surface area contributed by atoms with Crippen molar-refractivity contribution in [1.29, 1.82) is 0 Å². The van der Waals surface area contributed by atoms with Gasteiger partial charge < -0.3 is 14.8 Å². The van der Waals surface area contributed by atoms with Crippen LogP contribution in [0, 0.1) is 17.0 Å². The van der Waals surface area contributed by atoms with Crippen LogP contribution in [0.3, 0.4) is 0 Å². The highest BCUT2D eigenvalue weighted by molar-refractivity contribution is 7.12. The first-order valence-electron chi connectivity index (χ1n) is 7.42. The van der Waals surface area contributed by atoms with Crippen LogP contribution in [0.2, 0.25) is 0 Å². The zero-order chi connectivity index (χ0) is 19.1. The molecule has 136 valence electrons. The summed E-state index contributed by atoms with van der Waals surface area (Å²) in [6.45, 7) is 1.39. The molecular weight excluding hydrogens is 360 g/mol. The molecule has 0 unspecified atom stereocenters. The van der Waals surface area contributed by atoms with E-state index in [-0.39, 0.29) is 17.1 Å². The quantitative estimate of drug-likeness (QED) is 0.344. The van der Waals surface area contributed by atoms with Gasteiger partial charge in [0.15, 0.2) is 6.61 Å². The number of methoxy groups -OCH3 is 1. The Labute approximate surface area is 153 Å². The molecular formula is C17H16N2O6S. The number of anilines is 1. The number of carbonyl (C=O) groups excluding carboxylic acids is 2. The first-order valence-corrected chi connectivity index (χ1v) is 8.24. The van der Waals surface area contributed by atoms with Gasteiger partial charge in [-0.05, 0) is 37.3 Å². The van der Waals surface area contributed by atoms with Crippen molar-refractivity contribution in [3.8, 4) is 5.75 Å². The molecule has 0 aliphatic rings. The van der Waals surface area contributed by atoms with Crippen LogP contribution in [0.15, 0.2) is 36.4 Å². The smallest absolute Gasteiger partial charge is 0.331 e. The highest BCUT2D eigenvalue weighted by atomic mass is 32.1. The molecule has 2 rings (SSSR count). The Bertz CT molecular complexity index is 859. The lowest BCUT2D eigenvalue weighted by Crippen LogP contribution is -2.20. The van der Waals surface area contributed by atoms with E-state index in [4.69, 9.17) is 9.47 Å². The van der Waals surface area contributed by atoms with Crippen molar-refractivity contribution in [3.05, 3.63) is 56.3 Å². The molecule has 9 heteroatoms. The van der Waals surface area contributed by atoms with Gasteiger partial charge in [0, 0.05) is 15.8 Å². The Morgan fingerprint density at radius 1 is 1.31 bits per heavy atom. The van der Waals surface area contributed by atoms with Gasteiger partial charge in [-0.3, -0.25) is 14.9 Å². The van der Waals surface area contributed by atoms with E-state index in [9.17, 15) is 19.7 Å². The lowest BCUT2D eigenvalue weighted by Gasteiger charge is -2.07. The fourth-order valence-corrected chi connectivity index (χ4v) is 2.74. The second kappa shape index (κ2) is 8.77. The predicted molar refractivity (Wildman–Crippen MR) is 97.3 cm³/mol. The molecule has 0 aliphatic heterocycles. The maximum atomic E-state index is 11.9. The van der Waals surface area contributed by atoms with Crippen molar-refractivity contribution in [1.82, 2.24) is 0 Å². The third-order valence-corrected chi connectivity index (χ3v) is 4.13. The van der Waals surface area contributed by atoms with Gasteiger partial charge in [0.2, 0.25) is 0 Å². The van der Waals surface area contributed by atoms with Crippen LogP contribution in [0.25, 0.3) is 6.08 Å². The van der Waals surface area contributed by atoms with E-state index >= 15 is 0 Å². The first kappa shape index (κ1) is 19.1. The maximum absolute atomic E-state index is 11.9. The van der Waals surface area contributed by atoms with Gasteiger partial charge in [-0.25, -0.2) is 4.79 Å². The van der Waals surface area contributed by atoms with Crippen LogP contribution in [0.4, 0.5) is 11.4 Å². The number of hydrogen-bond acceptors (Lipinski definition) is 7. The Morgan fingerprint density at radius 2 is 2.08 bits per heavy atom. The number of nitrogens with zero attached hydrogens (tertiary/aromatic N) is 1. The summed E-state index contributed by atoms with van der Waals surface area (Å²) in [7, 11) is 1.38. The van der Waals surface area contributed by atoms with Gasteiger partial charge in [0.05, 0.1) is 18.1 Å². The summed E-state index contributed by atoms with van der Waals surface area (Å²) in [5.74, 6) is -1.09. The van der Waals surface area contributed by atoms with Gasteiger partial charge in [-0.2, -0.15) is 0 Å². The average molecular weight is 376 g/mol. The summed E-state index contributed by atoms with van der Waals surface area (Å²) >= 11 is 1.52. The molecule has 0 spiro atoms. The van der Waals surface area contributed by atoms with Crippen LogP contribution >= 0.6 is 11.3 Å². The van der Waals surface area contributed by atoms with E-state index in [0.29, 0.717) is 0 Å². The molecule has 26 heavy (non-hydrogen) atoms. The van der Waals surface area contributed by atoms with E-state index < -0.39 is 23.4 Å². The Morgan fingerprint density at radius 3 is 2.69 bits per heavy atom. The van der Waals surface area contributed by atoms with Crippen LogP contribution in [0.1, 0.15) is 9.75 Å². The number of aryl methyl sites for hydroxylation is 1. The average Bonchev–Trinajstić information content (AvgIpc) is 3.03. The minimum atomic E-state index is -0.688. The Hall–Kier alpha value is -3.20. The Kier molecular flexibility index (Phi) is 6.45. The number of thiophene rings is 1. The highest BCUT2D eigenvalue weighted by Gasteiger charge is 2.17. The van der Waals surface area contributed by atoms with Crippen LogP contribution < -0.4 is 10.1 Å². The molecule has 2 aromatic rings. The van der Waals surface area contributed by atoms with Crippen molar-refractivity contribution in [3.63, 3.8) is 0 Å². The lowest BCUT2D eigenvalue weighted by atomic mass is 10.2. The van der Waals surface area contributed by atoms with Gasteiger partial charge in [0.25, 0.3) is 11.6 Å². The molecule has 0 fully saturated rings. The standard InChI is InChI=1S/C17H16N2O6S/c1-11-3-5-13(26-11)6-8-17(21)25-10-16(20)18-14-7-4-12(24-2)9-15(14)19(22)23/h3-9H,10H2,1-2H3,(H,18,20)/b8-6+. The van der Waals surface area contributed by atoms with E-state index in [0.717, 1.165) is 9.75 Å². The van der Waals surface area contributed by atoms with Crippen LogP contribution in [-0.4, -0.2) is 30.5 Å². The molecule has 0 saturated heterocycles. The van der Waals surface area contributed by atoms with E-state index in [1.54, 1.807) is 6.08 Å². The van der Waals surface area contributed by atoms with Crippen LogP contribution in [-0.2, 0) is 14.3 Å². The van der Waals surface area contributed by atoms with Crippen molar-refractivity contribution in [2.75, 3.05) is 19.0 Å². The van der Waals surface area contributed by atoms with Gasteiger partial charge >= 0.3 is 5.97 Å². The van der Waals surface area contributed by atoms with E-state index in [1.807, 2.05) is 19.1 Å². The van der Waals surface area contributed by atoms with Gasteiger partial charge in [-0.15, -0.1) is 11.3 Å². The van der Waals surface area contributed by atoms with Gasteiger partial charge in [-0.1, -0.05) is 0 Å². The summed E-state index contributed by atoms with van der Waals surface area (Å²) in [5.41, 5.74) is -0.335. The molecule has 1 amide bonds. The maximum Gasteiger partial charge on any atom is 0.331 e. The SMILES string of the molecule is COc1ccc(NC(=O)COC(=O)/C=C/c2ccc(C)s2)c([N+](=O)[O-])c1. The van der Waals surface area contributed by atoms with Crippen molar-refractivity contribution < 1.29 is 24.0 Å². The number of rotatable bonds is 7. The summed E-state index contributed by atoms with van der Waals surface area (Å²) in [4.78, 5) is 35.9. The van der Waals surface area contributed by atoms with E-state index in [2.05, 4.69) is 5.32 Å². The topological polar surface area (TPSA) is 108 Å². The summed E-state index contributed by atoms with van der Waals surface area (Å²) in [6.07, 6.45) is 2.81. The van der Waals surface area contributed by atoms with Crippen LogP contribution in [0.5, 0.6) is 5.75 Å². The molecule has 1 aromatic carbocycles. The largest absolute Gasteiger partial charge is 0.496 e. The van der Waals surface area contributed by atoms with E-state index in [1.165, 1.54) is 42.7 Å². The number of nitro benzene ring substituents is 1. The molecule has 1 aromatic heterocycles. The number of benzene rings is 1. The minimum absolute atomic E-state index is 0.0125. The molecule has 1 heterocycles. The first-order chi connectivity index (χ1) is 12.4. The van der Waals surface area contributed by atoms with Crippen molar-refractivity contribution >= 4 is 40.7 Å². The predicted octanol–water partition coefficient (Wildman–Crippen LogP) is 3.17. The molecule has 0 aliphatic carbocycles. The number of esters is 1. The summed E-state index contributed by atoms with van der Waals surface area (Å²) in [5, 5.41) is 13.4. The number of nitro groups is 1. The number of ether oxygens (including phenoxy) is 2. The second-order valence-electron chi connectivity index (χ2n) is 5.08. The number of carbonyl (C=O) groups is 2. The Balaban J connectivity index is 1.91. The minimum Gasteiger partial charge on any atom is -0.496 e. The lowest BCUT2D eigenvalue weighted by molar-refractivity contribution is -0.384. The monoisotopic (exact) mass is 376 g/mol. The summed E-state index contributed by atoms with van der Waals surface area (Å²) in [6, 6.07) is 7.79. The second-order valence-corrected chi connectivity index (χ2v) is 6.40. The number of nitrogens with one attached hydrogen (secondary N) is 1. The molecule has 0 radical (unpaired) electrons. The molecule has 8 nitrogen and oxygen atoms in total. The van der Waals surface area contributed by atoms with Gasteiger partial charge in [0.1, 0.15) is 11.4 Å². The zero-order valence-corrected chi connectivity index (χ0v) is 14.9. The zero-order valence-electron chi connectivity index (χ0n) is 14.1. The van der Waals surface area contributed by atoms with Crippen molar-refractivity contribution in [2.45, 2.75) is 6.92 Å². The fourth-order valence-electron chi connectivity index (χ4n) is 1.96. The highest BCUT2D eigenvalue weighted by Crippen LogP contribution is 2.28. The molecule has 0 atom stereocenters. The third-order valence-electron chi connectivity index (χ3n) is 3.17.